The Morgan fingerprint density at radius 3 is 2.60 bits per heavy atom. The number of benzene rings is 2. The maximum absolute atomic E-state index is 13.5. The van der Waals surface area contributed by atoms with Crippen molar-refractivity contribution >= 4 is 35.2 Å². The van der Waals surface area contributed by atoms with Gasteiger partial charge in [0.25, 0.3) is 5.91 Å². The van der Waals surface area contributed by atoms with E-state index in [1.807, 2.05) is 23.6 Å². The number of carboxylic acid groups (broad SMARTS) is 1. The average Bonchev–Trinajstić information content (AvgIpc) is 3.37. The molecular weight excluding hydrogens is 466 g/mol. The molecule has 0 fully saturated rings. The summed E-state index contributed by atoms with van der Waals surface area (Å²) in [5.41, 5.74) is 9.36. The third-order valence-corrected chi connectivity index (χ3v) is 6.71. The van der Waals surface area contributed by atoms with Crippen LogP contribution in [-0.2, 0) is 13.2 Å². The molecule has 4 N–H and O–H groups in total. The summed E-state index contributed by atoms with van der Waals surface area (Å²) in [5, 5.41) is 14.6. The molecule has 1 aliphatic heterocycles. The first-order valence-corrected chi connectivity index (χ1v) is 11.5. The number of thiophene rings is 1. The number of pyridine rings is 1. The normalized spacial score (nSPS) is 11.7. The van der Waals surface area contributed by atoms with Gasteiger partial charge in [0.1, 0.15) is 18.1 Å². The number of amides is 1. The molecule has 174 valence electrons. The number of ether oxygens (including phenoxy) is 1. The smallest absolute Gasteiger partial charge is 0.355 e. The van der Waals surface area contributed by atoms with Crippen molar-refractivity contribution in [2.24, 2.45) is 5.73 Å². The van der Waals surface area contributed by atoms with Crippen LogP contribution in [-0.4, -0.2) is 28.3 Å². The molecule has 0 spiro atoms. The van der Waals surface area contributed by atoms with Crippen molar-refractivity contribution in [3.05, 3.63) is 88.1 Å². The highest BCUT2D eigenvalue weighted by molar-refractivity contribution is 7.13. The standard InChI is InChI=1S/C26H19N3O5S/c27-11-14-1-3-16(4-2-14)29-25(31)20-9-21-22(34-13-15-7-8-35-24(15)21)10-19(20)18-6-5-17(12-30)28-23(18)26(32)33/h1-10,12H,11,13,27H2,(H,29,31)(H,32,33). The summed E-state index contributed by atoms with van der Waals surface area (Å²) in [6, 6.07) is 15.4. The third kappa shape index (κ3) is 4.18. The number of hydrogen-bond donors (Lipinski definition) is 3. The van der Waals surface area contributed by atoms with Gasteiger partial charge in [-0.2, -0.15) is 0 Å². The zero-order chi connectivity index (χ0) is 24.5. The summed E-state index contributed by atoms with van der Waals surface area (Å²) in [6.45, 7) is 0.756. The van der Waals surface area contributed by atoms with E-state index in [2.05, 4.69) is 10.3 Å². The molecule has 0 atom stereocenters. The van der Waals surface area contributed by atoms with Crippen molar-refractivity contribution in [1.29, 1.82) is 0 Å². The van der Waals surface area contributed by atoms with Crippen molar-refractivity contribution in [3.8, 4) is 27.3 Å². The van der Waals surface area contributed by atoms with Gasteiger partial charge in [-0.1, -0.05) is 12.1 Å². The molecule has 5 rings (SSSR count). The zero-order valence-electron chi connectivity index (χ0n) is 18.3. The minimum absolute atomic E-state index is 0.0189. The number of carbonyl (C=O) groups is 3. The Morgan fingerprint density at radius 2 is 1.89 bits per heavy atom. The molecule has 0 radical (unpaired) electrons. The second kappa shape index (κ2) is 9.13. The second-order valence-electron chi connectivity index (χ2n) is 7.87. The highest BCUT2D eigenvalue weighted by Gasteiger charge is 2.26. The maximum atomic E-state index is 13.5. The molecule has 0 saturated heterocycles. The molecule has 0 saturated carbocycles. The Labute approximate surface area is 204 Å². The van der Waals surface area contributed by atoms with Crippen molar-refractivity contribution in [2.45, 2.75) is 13.2 Å². The minimum atomic E-state index is -1.31. The lowest BCUT2D eigenvalue weighted by Gasteiger charge is -2.21. The maximum Gasteiger partial charge on any atom is 0.355 e. The molecule has 1 amide bonds. The molecule has 2 aromatic heterocycles. The molecule has 8 nitrogen and oxygen atoms in total. The van der Waals surface area contributed by atoms with Gasteiger partial charge in [0.15, 0.2) is 12.0 Å². The fourth-order valence-corrected chi connectivity index (χ4v) is 4.90. The first kappa shape index (κ1) is 22.5. The monoisotopic (exact) mass is 485 g/mol. The lowest BCUT2D eigenvalue weighted by molar-refractivity contribution is 0.0691. The summed E-state index contributed by atoms with van der Waals surface area (Å²) in [5.74, 6) is -1.20. The summed E-state index contributed by atoms with van der Waals surface area (Å²) in [6.07, 6.45) is 0.475. The van der Waals surface area contributed by atoms with Gasteiger partial charge in [0.2, 0.25) is 0 Å². The van der Waals surface area contributed by atoms with Crippen LogP contribution < -0.4 is 15.8 Å². The number of aldehydes is 1. The van der Waals surface area contributed by atoms with Crippen LogP contribution in [0.1, 0.15) is 42.5 Å². The molecule has 0 aliphatic carbocycles. The van der Waals surface area contributed by atoms with E-state index in [1.54, 1.807) is 35.6 Å². The number of anilines is 1. The minimum Gasteiger partial charge on any atom is -0.488 e. The van der Waals surface area contributed by atoms with Crippen LogP contribution in [0.15, 0.2) is 60.0 Å². The SMILES string of the molecule is NCc1ccc(NC(=O)c2cc3c(cc2-c2ccc(C=O)nc2C(=O)O)OCc2ccsc2-3)cc1. The second-order valence-corrected chi connectivity index (χ2v) is 8.78. The number of hydrogen-bond acceptors (Lipinski definition) is 7. The number of nitrogens with two attached hydrogens (primary N) is 1. The van der Waals surface area contributed by atoms with Crippen molar-refractivity contribution in [1.82, 2.24) is 4.98 Å². The van der Waals surface area contributed by atoms with Crippen LogP contribution in [0.3, 0.4) is 0 Å². The van der Waals surface area contributed by atoms with E-state index in [9.17, 15) is 19.5 Å². The topological polar surface area (TPSA) is 132 Å². The third-order valence-electron chi connectivity index (χ3n) is 5.72. The number of aromatic carboxylic acids is 1. The Balaban J connectivity index is 1.67. The summed E-state index contributed by atoms with van der Waals surface area (Å²) >= 11 is 1.54. The number of rotatable bonds is 6. The van der Waals surface area contributed by atoms with Gasteiger partial charge < -0.3 is 20.9 Å². The van der Waals surface area contributed by atoms with Gasteiger partial charge >= 0.3 is 5.97 Å². The largest absolute Gasteiger partial charge is 0.488 e. The Hall–Kier alpha value is -4.34. The van der Waals surface area contributed by atoms with Crippen LogP contribution >= 0.6 is 11.3 Å². The number of nitrogens with one attached hydrogen (secondary N) is 1. The van der Waals surface area contributed by atoms with Gasteiger partial charge in [-0.15, -0.1) is 11.3 Å². The molecule has 35 heavy (non-hydrogen) atoms. The van der Waals surface area contributed by atoms with Gasteiger partial charge in [-0.3, -0.25) is 9.59 Å². The quantitative estimate of drug-likeness (QED) is 0.340. The van der Waals surface area contributed by atoms with E-state index in [0.29, 0.717) is 36.4 Å². The molecule has 4 aromatic rings. The van der Waals surface area contributed by atoms with Crippen molar-refractivity contribution in [2.75, 3.05) is 5.32 Å². The molecule has 3 heterocycles. The Bertz CT molecular complexity index is 1480. The Morgan fingerprint density at radius 1 is 1.09 bits per heavy atom. The predicted octanol–water partition coefficient (Wildman–Crippen LogP) is 4.59. The number of nitrogens with zero attached hydrogens (tertiary/aromatic N) is 1. The van der Waals surface area contributed by atoms with E-state index >= 15 is 0 Å². The van der Waals surface area contributed by atoms with Crippen LogP contribution in [0, 0.1) is 0 Å². The molecule has 1 aliphatic rings. The van der Waals surface area contributed by atoms with Crippen LogP contribution in [0.4, 0.5) is 5.69 Å². The van der Waals surface area contributed by atoms with Crippen LogP contribution in [0.2, 0.25) is 0 Å². The van der Waals surface area contributed by atoms with E-state index in [1.165, 1.54) is 12.1 Å². The van der Waals surface area contributed by atoms with Crippen LogP contribution in [0.5, 0.6) is 5.75 Å². The number of carboxylic acids is 1. The van der Waals surface area contributed by atoms with E-state index in [4.69, 9.17) is 10.5 Å². The summed E-state index contributed by atoms with van der Waals surface area (Å²) in [4.78, 5) is 41.6. The summed E-state index contributed by atoms with van der Waals surface area (Å²) < 4.78 is 5.93. The molecule has 0 bridgehead atoms. The van der Waals surface area contributed by atoms with Gasteiger partial charge in [0, 0.05) is 44.9 Å². The first-order valence-electron chi connectivity index (χ1n) is 10.7. The van der Waals surface area contributed by atoms with Crippen LogP contribution in [0.25, 0.3) is 21.6 Å². The Kier molecular flexibility index (Phi) is 5.86. The lowest BCUT2D eigenvalue weighted by atomic mass is 9.93. The lowest BCUT2D eigenvalue weighted by Crippen LogP contribution is -2.16. The number of carbonyl (C=O) groups excluding carboxylic acids is 2. The highest BCUT2D eigenvalue weighted by Crippen LogP contribution is 2.44. The highest BCUT2D eigenvalue weighted by atomic mass is 32.1. The fraction of sp³-hybridized carbons (Fsp3) is 0.0769. The van der Waals surface area contributed by atoms with Gasteiger partial charge in [-0.05, 0) is 53.4 Å². The van der Waals surface area contributed by atoms with Gasteiger partial charge in [-0.25, -0.2) is 9.78 Å². The number of fused-ring (bicyclic) bond motifs is 3. The fourth-order valence-electron chi connectivity index (χ4n) is 3.97. The number of aromatic nitrogens is 1. The molecule has 0 unspecified atom stereocenters. The molecular formula is C26H19N3O5S. The summed E-state index contributed by atoms with van der Waals surface area (Å²) in [7, 11) is 0. The first-order chi connectivity index (χ1) is 17.0. The van der Waals surface area contributed by atoms with Crippen molar-refractivity contribution in [3.63, 3.8) is 0 Å². The van der Waals surface area contributed by atoms with Crippen molar-refractivity contribution < 1.29 is 24.2 Å². The van der Waals surface area contributed by atoms with E-state index in [-0.39, 0.29) is 22.5 Å². The van der Waals surface area contributed by atoms with E-state index in [0.717, 1.165) is 21.6 Å². The van der Waals surface area contributed by atoms with E-state index < -0.39 is 11.9 Å². The molecule has 2 aromatic carbocycles. The van der Waals surface area contributed by atoms with Gasteiger partial charge in [0.05, 0.1) is 0 Å². The zero-order valence-corrected chi connectivity index (χ0v) is 19.1. The average molecular weight is 486 g/mol. The molecule has 9 heteroatoms. The predicted molar refractivity (Wildman–Crippen MR) is 132 cm³/mol.